The zero-order valence-electron chi connectivity index (χ0n) is 11.7. The first-order valence-corrected chi connectivity index (χ1v) is 6.76. The largest absolute Gasteiger partial charge is 0.325 e. The van der Waals surface area contributed by atoms with Crippen molar-refractivity contribution in [3.63, 3.8) is 0 Å². The van der Waals surface area contributed by atoms with Crippen LogP contribution in [0.25, 0.3) is 11.4 Å². The molecule has 3 aromatic rings. The van der Waals surface area contributed by atoms with Gasteiger partial charge in [-0.2, -0.15) is 0 Å². The molecule has 22 heavy (non-hydrogen) atoms. The van der Waals surface area contributed by atoms with Gasteiger partial charge in [0.2, 0.25) is 0 Å². The highest BCUT2D eigenvalue weighted by atomic mass is 16.5. The molecule has 0 fully saturated rings. The molecule has 1 amide bonds. The van der Waals surface area contributed by atoms with Gasteiger partial charge >= 0.3 is 0 Å². The lowest BCUT2D eigenvalue weighted by molar-refractivity contribution is 0.0706. The Balaban J connectivity index is 1.74. The minimum atomic E-state index is -0.530. The van der Waals surface area contributed by atoms with Gasteiger partial charge in [0.1, 0.15) is 5.82 Å². The molecule has 0 aliphatic rings. The molecule has 110 valence electrons. The molecule has 0 atom stereocenters. The molecule has 6 heteroatoms. The molecule has 0 aliphatic heterocycles. The van der Waals surface area contributed by atoms with Crippen LogP contribution < -0.4 is 5.48 Å². The molecular formula is C16H14N4O2. The van der Waals surface area contributed by atoms with E-state index in [-0.39, 0.29) is 0 Å². The number of hydrogen-bond acceptors (Lipinski definition) is 4. The molecule has 3 rings (SSSR count). The van der Waals surface area contributed by atoms with Crippen LogP contribution in [0.4, 0.5) is 0 Å². The molecule has 2 aromatic carbocycles. The Bertz CT molecular complexity index is 766. The molecule has 0 unspecified atom stereocenters. The zero-order valence-corrected chi connectivity index (χ0v) is 11.7. The lowest BCUT2D eigenvalue weighted by Crippen LogP contribution is -2.18. The van der Waals surface area contributed by atoms with E-state index in [2.05, 4.69) is 15.2 Å². The van der Waals surface area contributed by atoms with Crippen LogP contribution in [0.1, 0.15) is 21.7 Å². The van der Waals surface area contributed by atoms with E-state index in [9.17, 15) is 4.79 Å². The number of amides is 1. The number of nitrogens with zero attached hydrogens (tertiary/aromatic N) is 2. The van der Waals surface area contributed by atoms with Crippen molar-refractivity contribution >= 4 is 5.91 Å². The first-order valence-electron chi connectivity index (χ1n) is 6.76. The molecule has 0 aliphatic carbocycles. The third-order valence-corrected chi connectivity index (χ3v) is 3.27. The van der Waals surface area contributed by atoms with Crippen LogP contribution in [0.2, 0.25) is 0 Å². The van der Waals surface area contributed by atoms with Gasteiger partial charge in [0.05, 0.1) is 0 Å². The van der Waals surface area contributed by atoms with E-state index in [1.807, 2.05) is 42.5 Å². The highest BCUT2D eigenvalue weighted by molar-refractivity contribution is 5.93. The van der Waals surface area contributed by atoms with Crippen LogP contribution in [0.5, 0.6) is 0 Å². The number of aromatic amines is 1. The Labute approximate surface area is 126 Å². The molecule has 1 heterocycles. The van der Waals surface area contributed by atoms with Gasteiger partial charge in [-0.25, -0.2) is 5.48 Å². The fourth-order valence-corrected chi connectivity index (χ4v) is 2.13. The van der Waals surface area contributed by atoms with Gasteiger partial charge in [-0.3, -0.25) is 10.0 Å². The summed E-state index contributed by atoms with van der Waals surface area (Å²) in [6, 6.07) is 16.7. The number of carbonyl (C=O) groups is 1. The van der Waals surface area contributed by atoms with E-state index >= 15 is 0 Å². The van der Waals surface area contributed by atoms with Gasteiger partial charge in [-0.1, -0.05) is 42.5 Å². The summed E-state index contributed by atoms with van der Waals surface area (Å²) < 4.78 is 0. The highest BCUT2D eigenvalue weighted by Crippen LogP contribution is 2.15. The monoisotopic (exact) mass is 294 g/mol. The summed E-state index contributed by atoms with van der Waals surface area (Å²) in [5, 5.41) is 16.9. The lowest BCUT2D eigenvalue weighted by atomic mass is 10.1. The third-order valence-electron chi connectivity index (χ3n) is 3.27. The van der Waals surface area contributed by atoms with Crippen LogP contribution in [0, 0.1) is 0 Å². The summed E-state index contributed by atoms with van der Waals surface area (Å²) in [5.74, 6) is 0.947. The van der Waals surface area contributed by atoms with Crippen LogP contribution in [0.15, 0.2) is 54.6 Å². The second-order valence-corrected chi connectivity index (χ2v) is 4.80. The third kappa shape index (κ3) is 3.02. The zero-order chi connectivity index (χ0) is 15.4. The number of hydroxylamine groups is 1. The van der Waals surface area contributed by atoms with Crippen molar-refractivity contribution in [2.45, 2.75) is 6.42 Å². The van der Waals surface area contributed by atoms with Gasteiger partial charge in [0, 0.05) is 17.5 Å². The van der Waals surface area contributed by atoms with Crippen molar-refractivity contribution in [3.05, 3.63) is 71.5 Å². The summed E-state index contributed by atoms with van der Waals surface area (Å²) in [5.41, 5.74) is 3.98. The van der Waals surface area contributed by atoms with E-state index < -0.39 is 5.91 Å². The van der Waals surface area contributed by atoms with Gasteiger partial charge in [0.15, 0.2) is 5.82 Å². The first kappa shape index (κ1) is 14.0. The highest BCUT2D eigenvalue weighted by Gasteiger charge is 2.07. The standard InChI is InChI=1S/C16H14N4O2/c21-16(20-22)13-8-6-11(7-9-13)10-14-17-15(19-18-14)12-4-2-1-3-5-12/h1-9,22H,10H2,(H,20,21)(H,17,18,19). The number of H-pyrrole nitrogens is 1. The van der Waals surface area contributed by atoms with Gasteiger partial charge < -0.3 is 4.98 Å². The fourth-order valence-electron chi connectivity index (χ4n) is 2.13. The summed E-state index contributed by atoms with van der Waals surface area (Å²) in [6.45, 7) is 0. The van der Waals surface area contributed by atoms with E-state index in [1.54, 1.807) is 17.6 Å². The molecule has 0 radical (unpaired) electrons. The van der Waals surface area contributed by atoms with E-state index in [0.717, 1.165) is 22.8 Å². The van der Waals surface area contributed by atoms with Crippen molar-refractivity contribution < 1.29 is 10.0 Å². The number of rotatable bonds is 4. The summed E-state index contributed by atoms with van der Waals surface area (Å²) in [4.78, 5) is 14.4. The van der Waals surface area contributed by atoms with Gasteiger partial charge in [0.25, 0.3) is 5.91 Å². The fraction of sp³-hybridized carbons (Fsp3) is 0.0625. The smallest absolute Gasteiger partial charge is 0.274 e. The summed E-state index contributed by atoms with van der Waals surface area (Å²) in [6.07, 6.45) is 0.584. The molecular weight excluding hydrogens is 280 g/mol. The SMILES string of the molecule is O=C(NO)c1ccc(Cc2nnc(-c3ccccc3)[nH]2)cc1. The van der Waals surface area contributed by atoms with Crippen molar-refractivity contribution in [1.82, 2.24) is 20.7 Å². The second-order valence-electron chi connectivity index (χ2n) is 4.80. The van der Waals surface area contributed by atoms with Crippen LogP contribution >= 0.6 is 0 Å². The van der Waals surface area contributed by atoms with Crippen LogP contribution in [-0.2, 0) is 6.42 Å². The van der Waals surface area contributed by atoms with Gasteiger partial charge in [-0.15, -0.1) is 10.2 Å². The number of carbonyl (C=O) groups excluding carboxylic acids is 1. The van der Waals surface area contributed by atoms with E-state index in [0.29, 0.717) is 12.0 Å². The Morgan fingerprint density at radius 1 is 1.05 bits per heavy atom. The van der Waals surface area contributed by atoms with E-state index in [4.69, 9.17) is 5.21 Å². The number of benzene rings is 2. The second kappa shape index (κ2) is 6.19. The molecule has 0 saturated carbocycles. The average molecular weight is 294 g/mol. The topological polar surface area (TPSA) is 90.9 Å². The quantitative estimate of drug-likeness (QED) is 0.508. The number of nitrogens with one attached hydrogen (secondary N) is 2. The molecule has 6 nitrogen and oxygen atoms in total. The van der Waals surface area contributed by atoms with E-state index in [1.165, 1.54) is 0 Å². The van der Waals surface area contributed by atoms with Crippen molar-refractivity contribution in [1.29, 1.82) is 0 Å². The Morgan fingerprint density at radius 2 is 1.77 bits per heavy atom. The Kier molecular flexibility index (Phi) is 3.93. The minimum absolute atomic E-state index is 0.397. The average Bonchev–Trinajstić information content (AvgIpc) is 3.04. The van der Waals surface area contributed by atoms with Crippen molar-refractivity contribution in [3.8, 4) is 11.4 Å². The predicted octanol–water partition coefficient (Wildman–Crippen LogP) is 2.18. The minimum Gasteiger partial charge on any atom is -0.325 e. The number of hydrogen-bond donors (Lipinski definition) is 3. The van der Waals surface area contributed by atoms with Crippen molar-refractivity contribution in [2.24, 2.45) is 0 Å². The normalized spacial score (nSPS) is 10.4. The molecule has 0 bridgehead atoms. The maximum atomic E-state index is 11.3. The first-order chi connectivity index (χ1) is 10.8. The Morgan fingerprint density at radius 3 is 2.45 bits per heavy atom. The van der Waals surface area contributed by atoms with Gasteiger partial charge in [-0.05, 0) is 17.7 Å². The molecule has 0 spiro atoms. The lowest BCUT2D eigenvalue weighted by Gasteiger charge is -2.01. The maximum absolute atomic E-state index is 11.3. The predicted molar refractivity (Wildman–Crippen MR) is 80.3 cm³/mol. The summed E-state index contributed by atoms with van der Waals surface area (Å²) >= 11 is 0. The Hall–Kier alpha value is -2.99. The molecule has 0 saturated heterocycles. The van der Waals surface area contributed by atoms with Crippen molar-refractivity contribution in [2.75, 3.05) is 0 Å². The van der Waals surface area contributed by atoms with Crippen LogP contribution in [-0.4, -0.2) is 26.3 Å². The summed E-state index contributed by atoms with van der Waals surface area (Å²) in [7, 11) is 0. The van der Waals surface area contributed by atoms with Crippen LogP contribution in [0.3, 0.4) is 0 Å². The maximum Gasteiger partial charge on any atom is 0.274 e. The molecule has 1 aromatic heterocycles. The number of aromatic nitrogens is 3. The molecule has 3 N–H and O–H groups in total.